The number of carbonyl (C=O) groups excluding carboxylic acids is 1. The van der Waals surface area contributed by atoms with Crippen LogP contribution >= 0.6 is 11.3 Å². The van der Waals surface area contributed by atoms with Crippen LogP contribution in [-0.2, 0) is 4.74 Å². The molecular weight excluding hydrogens is 200 g/mol. The van der Waals surface area contributed by atoms with Crippen LogP contribution in [0.1, 0.15) is 40.3 Å². The van der Waals surface area contributed by atoms with Crippen LogP contribution in [0.15, 0.2) is 0 Å². The van der Waals surface area contributed by atoms with Crippen LogP contribution in [0.3, 0.4) is 0 Å². The van der Waals surface area contributed by atoms with E-state index in [1.54, 1.807) is 13.8 Å². The predicted molar refractivity (Wildman–Crippen MR) is 55.4 cm³/mol. The summed E-state index contributed by atoms with van der Waals surface area (Å²) in [5.41, 5.74) is 6.36. The second kappa shape index (κ2) is 4.52. The number of hydrogen-bond donors (Lipinski definition) is 1. The molecule has 0 aliphatic rings. The van der Waals surface area contributed by atoms with Crippen LogP contribution in [0.4, 0.5) is 0 Å². The average molecular weight is 214 g/mol. The number of nitrogens with zero attached hydrogens (tertiary/aromatic N) is 1. The number of hydrogen-bond acceptors (Lipinski definition) is 5. The molecule has 1 aromatic rings. The van der Waals surface area contributed by atoms with Crippen molar-refractivity contribution in [3.63, 3.8) is 0 Å². The van der Waals surface area contributed by atoms with E-state index in [9.17, 15) is 4.79 Å². The molecule has 1 rings (SSSR count). The van der Waals surface area contributed by atoms with Crippen molar-refractivity contribution in [2.45, 2.75) is 26.8 Å². The van der Waals surface area contributed by atoms with E-state index in [4.69, 9.17) is 10.5 Å². The first-order valence-electron chi connectivity index (χ1n) is 4.46. The fourth-order valence-electron chi connectivity index (χ4n) is 0.998. The Balaban J connectivity index is 2.92. The molecule has 0 saturated heterocycles. The molecule has 14 heavy (non-hydrogen) atoms. The Hall–Kier alpha value is -0.940. The summed E-state index contributed by atoms with van der Waals surface area (Å²) in [6.07, 6.45) is 0. The maximum Gasteiger partial charge on any atom is 0.350 e. The van der Waals surface area contributed by atoms with Crippen molar-refractivity contribution in [2.75, 3.05) is 6.61 Å². The van der Waals surface area contributed by atoms with E-state index in [1.807, 2.05) is 6.92 Å². The number of esters is 1. The van der Waals surface area contributed by atoms with E-state index in [0.717, 1.165) is 5.01 Å². The lowest BCUT2D eigenvalue weighted by Gasteiger charge is -1.98. The highest BCUT2D eigenvalue weighted by atomic mass is 32.1. The summed E-state index contributed by atoms with van der Waals surface area (Å²) in [4.78, 5) is 16.2. The molecule has 0 aromatic carbocycles. The van der Waals surface area contributed by atoms with Gasteiger partial charge in [-0.25, -0.2) is 9.78 Å². The third-order valence-electron chi connectivity index (χ3n) is 1.66. The van der Waals surface area contributed by atoms with Crippen LogP contribution in [-0.4, -0.2) is 17.6 Å². The minimum absolute atomic E-state index is 0.137. The molecule has 0 spiro atoms. The minimum atomic E-state index is -0.311. The molecule has 2 N–H and O–H groups in total. The highest BCUT2D eigenvalue weighted by Gasteiger charge is 2.17. The Morgan fingerprint density at radius 2 is 2.36 bits per heavy atom. The van der Waals surface area contributed by atoms with Gasteiger partial charge in [0.2, 0.25) is 0 Å². The standard InChI is InChI=1S/C9H14N2O2S/c1-4-13-9(12)7-6(3)11-8(14-7)5(2)10/h5H,4,10H2,1-3H3/t5-/m1/s1. The van der Waals surface area contributed by atoms with E-state index < -0.39 is 0 Å². The Kier molecular flexibility index (Phi) is 3.60. The third-order valence-corrected chi connectivity index (χ3v) is 3.00. The van der Waals surface area contributed by atoms with Crippen molar-refractivity contribution in [2.24, 2.45) is 5.73 Å². The predicted octanol–water partition coefficient (Wildman–Crippen LogP) is 1.65. The zero-order valence-corrected chi connectivity index (χ0v) is 9.35. The van der Waals surface area contributed by atoms with Gasteiger partial charge in [0.05, 0.1) is 18.3 Å². The molecule has 1 heterocycles. The number of aromatic nitrogens is 1. The van der Waals surface area contributed by atoms with E-state index >= 15 is 0 Å². The maximum atomic E-state index is 11.4. The largest absolute Gasteiger partial charge is 0.462 e. The number of ether oxygens (including phenoxy) is 1. The number of rotatable bonds is 3. The lowest BCUT2D eigenvalue weighted by atomic mass is 10.3. The second-order valence-electron chi connectivity index (χ2n) is 2.98. The van der Waals surface area contributed by atoms with Crippen molar-refractivity contribution in [3.05, 3.63) is 15.6 Å². The number of aryl methyl sites for hydroxylation is 1. The highest BCUT2D eigenvalue weighted by Crippen LogP contribution is 2.22. The lowest BCUT2D eigenvalue weighted by molar-refractivity contribution is 0.0531. The highest BCUT2D eigenvalue weighted by molar-refractivity contribution is 7.13. The van der Waals surface area contributed by atoms with Gasteiger partial charge in [0.15, 0.2) is 0 Å². The third kappa shape index (κ3) is 2.30. The lowest BCUT2D eigenvalue weighted by Crippen LogP contribution is -2.03. The van der Waals surface area contributed by atoms with Gasteiger partial charge >= 0.3 is 5.97 Å². The quantitative estimate of drug-likeness (QED) is 0.777. The van der Waals surface area contributed by atoms with Gasteiger partial charge in [0.1, 0.15) is 9.88 Å². The van der Waals surface area contributed by atoms with Crippen molar-refractivity contribution >= 4 is 17.3 Å². The molecule has 4 nitrogen and oxygen atoms in total. The molecule has 1 aromatic heterocycles. The summed E-state index contributed by atoms with van der Waals surface area (Å²) >= 11 is 1.30. The fraction of sp³-hybridized carbons (Fsp3) is 0.556. The summed E-state index contributed by atoms with van der Waals surface area (Å²) in [7, 11) is 0. The van der Waals surface area contributed by atoms with Crippen LogP contribution < -0.4 is 5.73 Å². The molecule has 0 radical (unpaired) electrons. The molecule has 5 heteroatoms. The van der Waals surface area contributed by atoms with E-state index in [-0.39, 0.29) is 12.0 Å². The van der Waals surface area contributed by atoms with Gasteiger partial charge in [0.25, 0.3) is 0 Å². The van der Waals surface area contributed by atoms with Gasteiger partial charge in [-0.15, -0.1) is 11.3 Å². The monoisotopic (exact) mass is 214 g/mol. The molecule has 0 unspecified atom stereocenters. The topological polar surface area (TPSA) is 65.2 Å². The Morgan fingerprint density at radius 1 is 1.71 bits per heavy atom. The minimum Gasteiger partial charge on any atom is -0.462 e. The molecular formula is C9H14N2O2S. The SMILES string of the molecule is CCOC(=O)c1sc([C@@H](C)N)nc1C. The van der Waals surface area contributed by atoms with Gasteiger partial charge in [-0.3, -0.25) is 0 Å². The molecule has 0 bridgehead atoms. The van der Waals surface area contributed by atoms with Gasteiger partial charge in [-0.05, 0) is 20.8 Å². The van der Waals surface area contributed by atoms with Gasteiger partial charge in [0, 0.05) is 0 Å². The second-order valence-corrected chi connectivity index (χ2v) is 4.01. The van der Waals surface area contributed by atoms with Crippen molar-refractivity contribution in [3.8, 4) is 0 Å². The molecule has 0 fully saturated rings. The van der Waals surface area contributed by atoms with E-state index in [0.29, 0.717) is 17.2 Å². The Bertz CT molecular complexity index is 334. The summed E-state index contributed by atoms with van der Waals surface area (Å²) < 4.78 is 4.89. The van der Waals surface area contributed by atoms with Crippen LogP contribution in [0.5, 0.6) is 0 Å². The number of carbonyl (C=O) groups is 1. The molecule has 1 atom stereocenters. The first-order chi connectivity index (χ1) is 6.56. The van der Waals surface area contributed by atoms with Crippen LogP contribution in [0, 0.1) is 6.92 Å². The Labute approximate surface area is 87.1 Å². The first-order valence-corrected chi connectivity index (χ1v) is 5.28. The van der Waals surface area contributed by atoms with Gasteiger partial charge in [-0.2, -0.15) is 0 Å². The zero-order valence-electron chi connectivity index (χ0n) is 8.53. The molecule has 78 valence electrons. The normalized spacial score (nSPS) is 12.6. The number of nitrogens with two attached hydrogens (primary N) is 1. The average Bonchev–Trinajstić information content (AvgIpc) is 2.48. The fourth-order valence-corrected chi connectivity index (χ4v) is 1.91. The summed E-state index contributed by atoms with van der Waals surface area (Å²) in [6.45, 7) is 5.78. The smallest absolute Gasteiger partial charge is 0.350 e. The van der Waals surface area contributed by atoms with Crippen LogP contribution in [0.2, 0.25) is 0 Å². The summed E-state index contributed by atoms with van der Waals surface area (Å²) in [5.74, 6) is -0.311. The van der Waals surface area contributed by atoms with E-state index in [2.05, 4.69) is 4.98 Å². The Morgan fingerprint density at radius 3 is 2.79 bits per heavy atom. The zero-order chi connectivity index (χ0) is 10.7. The first kappa shape index (κ1) is 11.1. The summed E-state index contributed by atoms with van der Waals surface area (Å²) in [6, 6.07) is -0.137. The summed E-state index contributed by atoms with van der Waals surface area (Å²) in [5, 5.41) is 0.769. The van der Waals surface area contributed by atoms with Crippen molar-refractivity contribution < 1.29 is 9.53 Å². The molecule has 0 aliphatic carbocycles. The van der Waals surface area contributed by atoms with Gasteiger partial charge in [-0.1, -0.05) is 0 Å². The maximum absolute atomic E-state index is 11.4. The molecule has 0 aliphatic heterocycles. The molecule has 0 amide bonds. The van der Waals surface area contributed by atoms with Gasteiger partial charge < -0.3 is 10.5 Å². The molecule has 0 saturated carbocycles. The van der Waals surface area contributed by atoms with Crippen molar-refractivity contribution in [1.29, 1.82) is 0 Å². The van der Waals surface area contributed by atoms with E-state index in [1.165, 1.54) is 11.3 Å². The van der Waals surface area contributed by atoms with Crippen LogP contribution in [0.25, 0.3) is 0 Å². The number of thiazole rings is 1. The van der Waals surface area contributed by atoms with Crippen molar-refractivity contribution in [1.82, 2.24) is 4.98 Å².